The maximum absolute atomic E-state index is 14.0. The molecule has 0 heterocycles. The Morgan fingerprint density at radius 2 is 1.73 bits per heavy atom. The Kier molecular flexibility index (Phi) is 4.49. The average molecular weight is 312 g/mol. The minimum Gasteiger partial charge on any atom is -0.426 e. The first-order valence-electron chi connectivity index (χ1n) is 6.49. The lowest BCUT2D eigenvalue weighted by Crippen LogP contribution is -2.05. The predicted molar refractivity (Wildman–Crippen MR) is 72.8 cm³/mol. The number of benzene rings is 2. The Labute approximate surface area is 124 Å². The number of ether oxygens (including phenoxy) is 1. The summed E-state index contributed by atoms with van der Waals surface area (Å²) < 4.78 is 56.3. The van der Waals surface area contributed by atoms with Crippen LogP contribution in [0, 0.1) is 5.82 Å². The Balaban J connectivity index is 2.28. The second-order valence-corrected chi connectivity index (χ2v) is 4.54. The highest BCUT2D eigenvalue weighted by Gasteiger charge is 2.30. The van der Waals surface area contributed by atoms with Crippen LogP contribution < -0.4 is 4.74 Å². The molecule has 0 N–H and O–H groups in total. The highest BCUT2D eigenvalue weighted by atomic mass is 19.4. The molecule has 0 fully saturated rings. The van der Waals surface area contributed by atoms with E-state index < -0.39 is 23.5 Å². The third kappa shape index (κ3) is 3.63. The number of hydrogen-bond acceptors (Lipinski definition) is 2. The van der Waals surface area contributed by atoms with E-state index >= 15 is 0 Å². The average Bonchev–Trinajstić information content (AvgIpc) is 2.46. The van der Waals surface area contributed by atoms with E-state index in [-0.39, 0.29) is 17.7 Å². The molecule has 0 saturated carbocycles. The number of carbonyl (C=O) groups is 1. The molecule has 0 spiro atoms. The molecule has 0 bridgehead atoms. The standard InChI is InChI=1S/C16H12F4O2/c1-2-15(21)22-12-7-8-13(14(17)9-12)10-3-5-11(6-4-10)16(18,19)20/h3-9H,2H2,1H3. The Bertz CT molecular complexity index is 676. The van der Waals surface area contributed by atoms with Crippen LogP contribution in [0.2, 0.25) is 0 Å². The summed E-state index contributed by atoms with van der Waals surface area (Å²) >= 11 is 0. The van der Waals surface area contributed by atoms with Gasteiger partial charge in [0.05, 0.1) is 5.56 Å². The van der Waals surface area contributed by atoms with Crippen LogP contribution in [0.5, 0.6) is 5.75 Å². The lowest BCUT2D eigenvalue weighted by molar-refractivity contribution is -0.137. The third-order valence-electron chi connectivity index (χ3n) is 2.98. The highest BCUT2D eigenvalue weighted by molar-refractivity contribution is 5.72. The smallest absolute Gasteiger partial charge is 0.416 e. The Hall–Kier alpha value is -2.37. The maximum atomic E-state index is 14.0. The normalized spacial score (nSPS) is 11.3. The lowest BCUT2D eigenvalue weighted by atomic mass is 10.0. The summed E-state index contributed by atoms with van der Waals surface area (Å²) in [6.07, 6.45) is -4.28. The van der Waals surface area contributed by atoms with Gasteiger partial charge in [-0.25, -0.2) is 4.39 Å². The zero-order chi connectivity index (χ0) is 16.3. The van der Waals surface area contributed by atoms with Gasteiger partial charge in [-0.1, -0.05) is 19.1 Å². The number of halogens is 4. The molecular formula is C16H12F4O2. The maximum Gasteiger partial charge on any atom is 0.416 e. The van der Waals surface area contributed by atoms with Crippen molar-refractivity contribution in [3.63, 3.8) is 0 Å². The number of alkyl halides is 3. The van der Waals surface area contributed by atoms with Crippen molar-refractivity contribution in [3.05, 3.63) is 53.8 Å². The van der Waals surface area contributed by atoms with E-state index in [1.807, 2.05) is 0 Å². The van der Waals surface area contributed by atoms with Crippen LogP contribution in [-0.4, -0.2) is 5.97 Å². The quantitative estimate of drug-likeness (QED) is 0.461. The van der Waals surface area contributed by atoms with Gasteiger partial charge in [-0.15, -0.1) is 0 Å². The lowest BCUT2D eigenvalue weighted by Gasteiger charge is -2.09. The largest absolute Gasteiger partial charge is 0.426 e. The number of hydrogen-bond donors (Lipinski definition) is 0. The van der Waals surface area contributed by atoms with Crippen molar-refractivity contribution < 1.29 is 27.1 Å². The predicted octanol–water partition coefficient (Wildman–Crippen LogP) is 4.83. The number of carbonyl (C=O) groups excluding carboxylic acids is 1. The first-order chi connectivity index (χ1) is 10.3. The molecule has 0 atom stereocenters. The minimum atomic E-state index is -4.44. The number of esters is 1. The fourth-order valence-electron chi connectivity index (χ4n) is 1.84. The second kappa shape index (κ2) is 6.17. The summed E-state index contributed by atoms with van der Waals surface area (Å²) in [5, 5.41) is 0. The summed E-state index contributed by atoms with van der Waals surface area (Å²) in [5.41, 5.74) is -0.367. The summed E-state index contributed by atoms with van der Waals surface area (Å²) in [4.78, 5) is 11.1. The molecule has 0 amide bonds. The van der Waals surface area contributed by atoms with Crippen molar-refractivity contribution in [1.29, 1.82) is 0 Å². The summed E-state index contributed by atoms with van der Waals surface area (Å²) in [6.45, 7) is 1.61. The van der Waals surface area contributed by atoms with Gasteiger partial charge < -0.3 is 4.74 Å². The van der Waals surface area contributed by atoms with Crippen LogP contribution in [0.15, 0.2) is 42.5 Å². The second-order valence-electron chi connectivity index (χ2n) is 4.54. The third-order valence-corrected chi connectivity index (χ3v) is 2.98. The van der Waals surface area contributed by atoms with Crippen molar-refractivity contribution in [3.8, 4) is 16.9 Å². The zero-order valence-electron chi connectivity index (χ0n) is 11.6. The SMILES string of the molecule is CCC(=O)Oc1ccc(-c2ccc(C(F)(F)F)cc2)c(F)c1. The van der Waals surface area contributed by atoms with E-state index in [1.165, 1.54) is 24.3 Å². The van der Waals surface area contributed by atoms with Crippen LogP contribution >= 0.6 is 0 Å². The van der Waals surface area contributed by atoms with Gasteiger partial charge >= 0.3 is 12.1 Å². The van der Waals surface area contributed by atoms with Gasteiger partial charge in [-0.2, -0.15) is 13.2 Å². The number of rotatable bonds is 3. The van der Waals surface area contributed by atoms with E-state index in [0.29, 0.717) is 5.56 Å². The van der Waals surface area contributed by atoms with Crippen molar-refractivity contribution in [2.24, 2.45) is 0 Å². The highest BCUT2D eigenvalue weighted by Crippen LogP contribution is 2.32. The Morgan fingerprint density at radius 3 is 2.23 bits per heavy atom. The molecule has 0 unspecified atom stereocenters. The fraction of sp³-hybridized carbons (Fsp3) is 0.188. The molecule has 0 radical (unpaired) electrons. The van der Waals surface area contributed by atoms with Crippen molar-refractivity contribution in [1.82, 2.24) is 0 Å². The first kappa shape index (κ1) is 16.0. The molecule has 116 valence electrons. The fourth-order valence-corrected chi connectivity index (χ4v) is 1.84. The summed E-state index contributed by atoms with van der Waals surface area (Å²) in [5.74, 6) is -1.12. The molecule has 2 aromatic rings. The molecule has 2 nitrogen and oxygen atoms in total. The zero-order valence-corrected chi connectivity index (χ0v) is 11.6. The summed E-state index contributed by atoms with van der Waals surface area (Å²) in [6, 6.07) is 7.94. The van der Waals surface area contributed by atoms with Crippen LogP contribution in [0.1, 0.15) is 18.9 Å². The van der Waals surface area contributed by atoms with Crippen LogP contribution in [0.25, 0.3) is 11.1 Å². The van der Waals surface area contributed by atoms with Gasteiger partial charge in [0.2, 0.25) is 0 Å². The molecule has 6 heteroatoms. The van der Waals surface area contributed by atoms with Gasteiger partial charge in [-0.3, -0.25) is 4.79 Å². The molecule has 0 aromatic heterocycles. The van der Waals surface area contributed by atoms with E-state index in [2.05, 4.69) is 0 Å². The van der Waals surface area contributed by atoms with Gasteiger partial charge in [0.25, 0.3) is 0 Å². The molecule has 0 aliphatic carbocycles. The van der Waals surface area contributed by atoms with E-state index in [1.54, 1.807) is 6.92 Å². The molecule has 0 aliphatic rings. The van der Waals surface area contributed by atoms with Gasteiger partial charge in [0.15, 0.2) is 0 Å². The monoisotopic (exact) mass is 312 g/mol. The molecule has 2 aromatic carbocycles. The Morgan fingerprint density at radius 1 is 1.09 bits per heavy atom. The first-order valence-corrected chi connectivity index (χ1v) is 6.49. The van der Waals surface area contributed by atoms with Gasteiger partial charge in [0, 0.05) is 18.1 Å². The van der Waals surface area contributed by atoms with Crippen molar-refractivity contribution in [2.75, 3.05) is 0 Å². The van der Waals surface area contributed by atoms with Crippen LogP contribution in [0.4, 0.5) is 17.6 Å². The molecule has 0 aliphatic heterocycles. The van der Waals surface area contributed by atoms with E-state index in [0.717, 1.165) is 18.2 Å². The van der Waals surface area contributed by atoms with E-state index in [4.69, 9.17) is 4.74 Å². The topological polar surface area (TPSA) is 26.3 Å². The molecule has 22 heavy (non-hydrogen) atoms. The van der Waals surface area contributed by atoms with E-state index in [9.17, 15) is 22.4 Å². The summed E-state index contributed by atoms with van der Waals surface area (Å²) in [7, 11) is 0. The van der Waals surface area contributed by atoms with Crippen LogP contribution in [-0.2, 0) is 11.0 Å². The van der Waals surface area contributed by atoms with Gasteiger partial charge in [0.1, 0.15) is 11.6 Å². The van der Waals surface area contributed by atoms with Crippen molar-refractivity contribution in [2.45, 2.75) is 19.5 Å². The molecule has 2 rings (SSSR count). The van der Waals surface area contributed by atoms with Gasteiger partial charge in [-0.05, 0) is 29.8 Å². The van der Waals surface area contributed by atoms with Crippen molar-refractivity contribution >= 4 is 5.97 Å². The minimum absolute atomic E-state index is 0.0556. The molecular weight excluding hydrogens is 300 g/mol. The molecule has 0 saturated heterocycles. The van der Waals surface area contributed by atoms with Crippen LogP contribution in [0.3, 0.4) is 0 Å².